The van der Waals surface area contributed by atoms with Crippen LogP contribution in [0.15, 0.2) is 29.6 Å². The third-order valence-electron chi connectivity index (χ3n) is 2.74. The number of nitrogens with one attached hydrogen (secondary N) is 1. The van der Waals surface area contributed by atoms with Gasteiger partial charge in [-0.15, -0.1) is 17.8 Å². The van der Waals surface area contributed by atoms with Crippen LogP contribution in [0.2, 0.25) is 0 Å². The number of benzene rings is 1. The zero-order valence-electron chi connectivity index (χ0n) is 11.3. The highest BCUT2D eigenvalue weighted by Crippen LogP contribution is 2.31. The molecule has 0 radical (unpaired) electrons. The molecule has 7 heteroatoms. The molecule has 0 aliphatic carbocycles. The Hall–Kier alpha value is -2.33. The molecule has 2 rings (SSSR count). The molecule has 1 N–H and O–H groups in total. The van der Waals surface area contributed by atoms with Gasteiger partial charge >= 0.3 is 6.18 Å². The molecule has 0 aliphatic heterocycles. The van der Waals surface area contributed by atoms with Gasteiger partial charge in [0.05, 0.1) is 24.2 Å². The molecule has 0 fully saturated rings. The van der Waals surface area contributed by atoms with Crippen molar-refractivity contribution in [3.8, 4) is 22.9 Å². The van der Waals surface area contributed by atoms with Gasteiger partial charge in [-0.1, -0.05) is 18.1 Å². The van der Waals surface area contributed by atoms with E-state index < -0.39 is 11.7 Å². The van der Waals surface area contributed by atoms with E-state index in [0.29, 0.717) is 16.3 Å². The lowest BCUT2D eigenvalue weighted by atomic mass is 10.1. The van der Waals surface area contributed by atoms with Crippen molar-refractivity contribution >= 4 is 17.2 Å². The van der Waals surface area contributed by atoms with Gasteiger partial charge in [-0.2, -0.15) is 13.2 Å². The first-order valence-electron chi connectivity index (χ1n) is 6.22. The molecule has 2 aromatic rings. The number of halogens is 3. The van der Waals surface area contributed by atoms with E-state index in [1.807, 2.05) is 0 Å². The minimum atomic E-state index is -4.36. The van der Waals surface area contributed by atoms with Crippen LogP contribution < -0.4 is 5.32 Å². The molecule has 1 amide bonds. The largest absolute Gasteiger partial charge is 0.416 e. The van der Waals surface area contributed by atoms with Crippen LogP contribution in [0.3, 0.4) is 0 Å². The van der Waals surface area contributed by atoms with Crippen molar-refractivity contribution in [3.63, 3.8) is 0 Å². The molecule has 22 heavy (non-hydrogen) atoms. The monoisotopic (exact) mass is 324 g/mol. The number of aromatic nitrogens is 1. The molecule has 0 aliphatic rings. The molecule has 0 saturated heterocycles. The summed E-state index contributed by atoms with van der Waals surface area (Å²) in [5, 5.41) is 4.78. The van der Waals surface area contributed by atoms with Crippen molar-refractivity contribution in [2.75, 3.05) is 6.54 Å². The second-order valence-electron chi connectivity index (χ2n) is 4.38. The second-order valence-corrected chi connectivity index (χ2v) is 5.23. The van der Waals surface area contributed by atoms with Crippen molar-refractivity contribution in [1.29, 1.82) is 0 Å². The van der Waals surface area contributed by atoms with Crippen LogP contribution in [-0.4, -0.2) is 17.4 Å². The van der Waals surface area contributed by atoms with E-state index in [1.165, 1.54) is 23.5 Å². The lowest BCUT2D eigenvalue weighted by Crippen LogP contribution is -2.25. The van der Waals surface area contributed by atoms with E-state index in [-0.39, 0.29) is 18.9 Å². The summed E-state index contributed by atoms with van der Waals surface area (Å²) in [6.45, 7) is 0.148. The van der Waals surface area contributed by atoms with Gasteiger partial charge in [0.25, 0.3) is 0 Å². The number of carbonyl (C=O) groups excluding carboxylic acids is 1. The maximum Gasteiger partial charge on any atom is 0.416 e. The number of hydrogen-bond acceptors (Lipinski definition) is 3. The standard InChI is InChI=1S/C15H11F3N2OS/c1-2-7-19-13(21)8-12-9-22-14(20-12)10-3-5-11(6-4-10)15(16,17)18/h1,3-6,9H,7-8H2,(H,19,21). The summed E-state index contributed by atoms with van der Waals surface area (Å²) in [5.41, 5.74) is 0.421. The number of thiazole rings is 1. The first-order valence-corrected chi connectivity index (χ1v) is 7.10. The number of rotatable bonds is 4. The number of nitrogens with zero attached hydrogens (tertiary/aromatic N) is 1. The van der Waals surface area contributed by atoms with E-state index >= 15 is 0 Å². The van der Waals surface area contributed by atoms with Crippen LogP contribution in [0.4, 0.5) is 13.2 Å². The summed E-state index contributed by atoms with van der Waals surface area (Å²) >= 11 is 1.27. The van der Waals surface area contributed by atoms with E-state index in [0.717, 1.165) is 12.1 Å². The smallest absolute Gasteiger partial charge is 0.345 e. The molecule has 1 aromatic heterocycles. The summed E-state index contributed by atoms with van der Waals surface area (Å²) in [6.07, 6.45) is 0.757. The Labute approximate surface area is 129 Å². The highest BCUT2D eigenvalue weighted by Gasteiger charge is 2.30. The molecule has 114 valence electrons. The molecule has 3 nitrogen and oxygen atoms in total. The molecule has 1 aromatic carbocycles. The third-order valence-corrected chi connectivity index (χ3v) is 3.68. The zero-order chi connectivity index (χ0) is 16.2. The Morgan fingerprint density at radius 2 is 2.00 bits per heavy atom. The van der Waals surface area contributed by atoms with Crippen LogP contribution in [0.1, 0.15) is 11.3 Å². The fourth-order valence-corrected chi connectivity index (χ4v) is 2.52. The van der Waals surface area contributed by atoms with E-state index in [9.17, 15) is 18.0 Å². The Balaban J connectivity index is 2.08. The van der Waals surface area contributed by atoms with E-state index in [4.69, 9.17) is 6.42 Å². The van der Waals surface area contributed by atoms with Crippen LogP contribution in [0.25, 0.3) is 10.6 Å². The normalized spacial score (nSPS) is 11.0. The van der Waals surface area contributed by atoms with Crippen LogP contribution in [-0.2, 0) is 17.4 Å². The Kier molecular flexibility index (Phi) is 4.83. The summed E-state index contributed by atoms with van der Waals surface area (Å²) in [5.74, 6) is 2.04. The summed E-state index contributed by atoms with van der Waals surface area (Å²) in [7, 11) is 0. The van der Waals surface area contributed by atoms with Crippen molar-refractivity contribution < 1.29 is 18.0 Å². The van der Waals surface area contributed by atoms with Crippen molar-refractivity contribution in [3.05, 3.63) is 40.9 Å². The molecule has 0 atom stereocenters. The molecule has 0 saturated carbocycles. The van der Waals surface area contributed by atoms with Gasteiger partial charge in [0.1, 0.15) is 5.01 Å². The van der Waals surface area contributed by atoms with Crippen molar-refractivity contribution in [2.45, 2.75) is 12.6 Å². The fraction of sp³-hybridized carbons (Fsp3) is 0.200. The molecular weight excluding hydrogens is 313 g/mol. The minimum absolute atomic E-state index is 0.0822. The highest BCUT2D eigenvalue weighted by molar-refractivity contribution is 7.13. The predicted octanol–water partition coefficient (Wildman–Crippen LogP) is 3.12. The quantitative estimate of drug-likeness (QED) is 0.878. The average Bonchev–Trinajstić information content (AvgIpc) is 2.93. The van der Waals surface area contributed by atoms with Crippen LogP contribution >= 0.6 is 11.3 Å². The first-order chi connectivity index (χ1) is 10.4. The lowest BCUT2D eigenvalue weighted by Gasteiger charge is -2.06. The molecule has 0 spiro atoms. The van der Waals surface area contributed by atoms with Crippen LogP contribution in [0.5, 0.6) is 0 Å². The van der Waals surface area contributed by atoms with Gasteiger partial charge in [-0.25, -0.2) is 4.98 Å². The Morgan fingerprint density at radius 3 is 2.59 bits per heavy atom. The first kappa shape index (κ1) is 16.0. The van der Waals surface area contributed by atoms with Gasteiger partial charge in [-0.3, -0.25) is 4.79 Å². The lowest BCUT2D eigenvalue weighted by molar-refractivity contribution is -0.137. The zero-order valence-corrected chi connectivity index (χ0v) is 12.1. The molecule has 1 heterocycles. The maximum atomic E-state index is 12.5. The van der Waals surface area contributed by atoms with Crippen molar-refractivity contribution in [2.24, 2.45) is 0 Å². The van der Waals surface area contributed by atoms with Crippen molar-refractivity contribution in [1.82, 2.24) is 10.3 Å². The van der Waals surface area contributed by atoms with Gasteiger partial charge in [0.2, 0.25) is 5.91 Å². The Morgan fingerprint density at radius 1 is 1.32 bits per heavy atom. The topological polar surface area (TPSA) is 42.0 Å². The predicted molar refractivity (Wildman–Crippen MR) is 78.1 cm³/mol. The van der Waals surface area contributed by atoms with Gasteiger partial charge in [-0.05, 0) is 12.1 Å². The highest BCUT2D eigenvalue weighted by atomic mass is 32.1. The SMILES string of the molecule is C#CCNC(=O)Cc1csc(-c2ccc(C(F)(F)F)cc2)n1. The molecule has 0 unspecified atom stereocenters. The third kappa shape index (κ3) is 4.09. The molecule has 0 bridgehead atoms. The van der Waals surface area contributed by atoms with E-state index in [2.05, 4.69) is 16.2 Å². The number of amides is 1. The fourth-order valence-electron chi connectivity index (χ4n) is 1.70. The van der Waals surface area contributed by atoms with Crippen LogP contribution in [0, 0.1) is 12.3 Å². The number of terminal acetylenes is 1. The number of alkyl halides is 3. The second kappa shape index (κ2) is 6.62. The maximum absolute atomic E-state index is 12.5. The molecular formula is C15H11F3N2OS. The van der Waals surface area contributed by atoms with Gasteiger partial charge in [0.15, 0.2) is 0 Å². The summed E-state index contributed by atoms with van der Waals surface area (Å²) in [4.78, 5) is 15.8. The summed E-state index contributed by atoms with van der Waals surface area (Å²) < 4.78 is 37.5. The summed E-state index contributed by atoms with van der Waals surface area (Å²) in [6, 6.07) is 4.75. The number of hydrogen-bond donors (Lipinski definition) is 1. The Bertz CT molecular complexity index is 699. The van der Waals surface area contributed by atoms with Gasteiger partial charge in [0, 0.05) is 10.9 Å². The van der Waals surface area contributed by atoms with Gasteiger partial charge < -0.3 is 5.32 Å². The average molecular weight is 324 g/mol. The minimum Gasteiger partial charge on any atom is -0.345 e. The number of carbonyl (C=O) groups is 1. The van der Waals surface area contributed by atoms with E-state index in [1.54, 1.807) is 5.38 Å².